The van der Waals surface area contributed by atoms with Gasteiger partial charge in [0.05, 0.1) is 13.2 Å². The number of hydrogen-bond acceptors (Lipinski definition) is 2. The van der Waals surface area contributed by atoms with Gasteiger partial charge in [-0.15, -0.1) is 0 Å². The SMILES string of the molecule is C(=C\C1OCCCO1)/Cc1ccccc1. The second kappa shape index (κ2) is 5.69. The topological polar surface area (TPSA) is 18.5 Å². The Balaban J connectivity index is 1.79. The first-order chi connectivity index (χ1) is 7.45. The van der Waals surface area contributed by atoms with Crippen molar-refractivity contribution in [1.82, 2.24) is 0 Å². The van der Waals surface area contributed by atoms with Gasteiger partial charge in [0.2, 0.25) is 0 Å². The second-order valence-corrected chi connectivity index (χ2v) is 3.58. The average molecular weight is 204 g/mol. The van der Waals surface area contributed by atoms with E-state index in [4.69, 9.17) is 9.47 Å². The van der Waals surface area contributed by atoms with Gasteiger partial charge in [0.25, 0.3) is 0 Å². The molecule has 2 rings (SSSR count). The molecular formula is C13H16O2. The summed E-state index contributed by atoms with van der Waals surface area (Å²) >= 11 is 0. The predicted octanol–water partition coefficient (Wildman–Crippen LogP) is 2.55. The summed E-state index contributed by atoms with van der Waals surface area (Å²) in [5.41, 5.74) is 1.31. The van der Waals surface area contributed by atoms with E-state index in [0.29, 0.717) is 0 Å². The van der Waals surface area contributed by atoms with Crippen LogP contribution in [0.4, 0.5) is 0 Å². The van der Waals surface area contributed by atoms with Gasteiger partial charge in [-0.3, -0.25) is 0 Å². The van der Waals surface area contributed by atoms with Gasteiger partial charge < -0.3 is 9.47 Å². The minimum Gasteiger partial charge on any atom is -0.349 e. The fourth-order valence-electron chi connectivity index (χ4n) is 1.55. The van der Waals surface area contributed by atoms with Gasteiger partial charge in [0, 0.05) is 0 Å². The Kier molecular flexibility index (Phi) is 3.94. The first-order valence-electron chi connectivity index (χ1n) is 5.39. The number of hydrogen-bond donors (Lipinski definition) is 0. The molecule has 1 aromatic carbocycles. The lowest BCUT2D eigenvalue weighted by Gasteiger charge is -2.19. The van der Waals surface area contributed by atoms with Gasteiger partial charge in [-0.05, 0) is 24.5 Å². The van der Waals surface area contributed by atoms with Gasteiger partial charge in [-0.25, -0.2) is 0 Å². The summed E-state index contributed by atoms with van der Waals surface area (Å²) in [4.78, 5) is 0. The first kappa shape index (κ1) is 10.4. The van der Waals surface area contributed by atoms with Gasteiger partial charge in [-0.1, -0.05) is 36.4 Å². The van der Waals surface area contributed by atoms with Crippen molar-refractivity contribution < 1.29 is 9.47 Å². The molecule has 2 nitrogen and oxygen atoms in total. The molecule has 1 aliphatic rings. The van der Waals surface area contributed by atoms with E-state index in [1.807, 2.05) is 12.1 Å². The van der Waals surface area contributed by atoms with Crippen LogP contribution in [-0.2, 0) is 15.9 Å². The fourth-order valence-corrected chi connectivity index (χ4v) is 1.55. The molecule has 0 atom stereocenters. The molecule has 0 bridgehead atoms. The van der Waals surface area contributed by atoms with Gasteiger partial charge in [-0.2, -0.15) is 0 Å². The predicted molar refractivity (Wildman–Crippen MR) is 59.6 cm³/mol. The van der Waals surface area contributed by atoms with E-state index >= 15 is 0 Å². The summed E-state index contributed by atoms with van der Waals surface area (Å²) in [7, 11) is 0. The summed E-state index contributed by atoms with van der Waals surface area (Å²) in [6, 6.07) is 10.4. The van der Waals surface area contributed by atoms with Crippen LogP contribution in [-0.4, -0.2) is 19.5 Å². The standard InChI is InChI=1S/C13H16O2/c1-2-6-12(7-3-1)8-4-9-13-14-10-5-11-15-13/h1-4,6-7,9,13H,5,8,10-11H2/b9-4+. The van der Waals surface area contributed by atoms with Crippen LogP contribution in [0.2, 0.25) is 0 Å². The highest BCUT2D eigenvalue weighted by molar-refractivity contribution is 5.17. The van der Waals surface area contributed by atoms with E-state index in [1.54, 1.807) is 0 Å². The summed E-state index contributed by atoms with van der Waals surface area (Å²) < 4.78 is 10.8. The van der Waals surface area contributed by atoms with Crippen molar-refractivity contribution in [1.29, 1.82) is 0 Å². The summed E-state index contributed by atoms with van der Waals surface area (Å²) in [6.07, 6.45) is 5.90. The van der Waals surface area contributed by atoms with Crippen molar-refractivity contribution in [2.45, 2.75) is 19.1 Å². The minimum atomic E-state index is -0.137. The Morgan fingerprint density at radius 1 is 1.13 bits per heavy atom. The lowest BCUT2D eigenvalue weighted by atomic mass is 10.1. The minimum absolute atomic E-state index is 0.137. The van der Waals surface area contributed by atoms with Crippen LogP contribution in [0.15, 0.2) is 42.5 Å². The van der Waals surface area contributed by atoms with Crippen LogP contribution in [0.3, 0.4) is 0 Å². The Labute approximate surface area is 90.5 Å². The zero-order valence-corrected chi connectivity index (χ0v) is 8.76. The molecule has 1 aliphatic heterocycles. The molecule has 0 aromatic heterocycles. The molecule has 0 aliphatic carbocycles. The zero-order chi connectivity index (χ0) is 10.3. The van der Waals surface area contributed by atoms with E-state index in [9.17, 15) is 0 Å². The van der Waals surface area contributed by atoms with Crippen molar-refractivity contribution in [3.05, 3.63) is 48.0 Å². The van der Waals surface area contributed by atoms with E-state index in [-0.39, 0.29) is 6.29 Å². The molecule has 1 fully saturated rings. The van der Waals surface area contributed by atoms with Crippen LogP contribution in [0.1, 0.15) is 12.0 Å². The van der Waals surface area contributed by atoms with Crippen LogP contribution in [0.25, 0.3) is 0 Å². The summed E-state index contributed by atoms with van der Waals surface area (Å²) in [5, 5.41) is 0. The molecule has 80 valence electrons. The highest BCUT2D eigenvalue weighted by Crippen LogP contribution is 2.07. The Hall–Kier alpha value is -1.12. The van der Waals surface area contributed by atoms with Gasteiger partial charge in [0.15, 0.2) is 6.29 Å². The van der Waals surface area contributed by atoms with Crippen molar-refractivity contribution in [2.24, 2.45) is 0 Å². The summed E-state index contributed by atoms with van der Waals surface area (Å²) in [6.45, 7) is 1.61. The maximum atomic E-state index is 5.41. The molecule has 1 heterocycles. The van der Waals surface area contributed by atoms with E-state index in [0.717, 1.165) is 26.1 Å². The molecule has 0 spiro atoms. The fraction of sp³-hybridized carbons (Fsp3) is 0.385. The van der Waals surface area contributed by atoms with Crippen LogP contribution in [0, 0.1) is 0 Å². The molecular weight excluding hydrogens is 188 g/mol. The molecule has 0 unspecified atom stereocenters. The largest absolute Gasteiger partial charge is 0.349 e. The molecule has 0 N–H and O–H groups in total. The maximum Gasteiger partial charge on any atom is 0.176 e. The Morgan fingerprint density at radius 3 is 2.60 bits per heavy atom. The lowest BCUT2D eigenvalue weighted by molar-refractivity contribution is -0.149. The molecule has 0 saturated carbocycles. The van der Waals surface area contributed by atoms with E-state index in [2.05, 4.69) is 30.3 Å². The Bertz CT molecular complexity index is 300. The zero-order valence-electron chi connectivity index (χ0n) is 8.76. The van der Waals surface area contributed by atoms with Crippen LogP contribution in [0.5, 0.6) is 0 Å². The van der Waals surface area contributed by atoms with Crippen molar-refractivity contribution in [3.63, 3.8) is 0 Å². The molecule has 1 aromatic rings. The molecule has 0 amide bonds. The van der Waals surface area contributed by atoms with Gasteiger partial charge in [0.1, 0.15) is 0 Å². The third-order valence-corrected chi connectivity index (χ3v) is 2.34. The monoisotopic (exact) mass is 204 g/mol. The Morgan fingerprint density at radius 2 is 1.87 bits per heavy atom. The maximum absolute atomic E-state index is 5.41. The highest BCUT2D eigenvalue weighted by Gasteiger charge is 2.09. The average Bonchev–Trinajstić information content (AvgIpc) is 2.32. The van der Waals surface area contributed by atoms with Crippen molar-refractivity contribution in [3.8, 4) is 0 Å². The molecule has 15 heavy (non-hydrogen) atoms. The first-order valence-corrected chi connectivity index (χ1v) is 5.39. The molecule has 2 heteroatoms. The number of rotatable bonds is 3. The highest BCUT2D eigenvalue weighted by atomic mass is 16.7. The number of ether oxygens (including phenoxy) is 2. The van der Waals surface area contributed by atoms with Crippen molar-refractivity contribution in [2.75, 3.05) is 13.2 Å². The van der Waals surface area contributed by atoms with Gasteiger partial charge >= 0.3 is 0 Å². The molecule has 1 saturated heterocycles. The van der Waals surface area contributed by atoms with E-state index < -0.39 is 0 Å². The number of allylic oxidation sites excluding steroid dienone is 1. The summed E-state index contributed by atoms with van der Waals surface area (Å²) in [5.74, 6) is 0. The second-order valence-electron chi connectivity index (χ2n) is 3.58. The lowest BCUT2D eigenvalue weighted by Crippen LogP contribution is -2.22. The number of benzene rings is 1. The van der Waals surface area contributed by atoms with Crippen molar-refractivity contribution >= 4 is 0 Å². The van der Waals surface area contributed by atoms with Crippen LogP contribution < -0.4 is 0 Å². The normalized spacial score (nSPS) is 18.4. The molecule has 0 radical (unpaired) electrons. The van der Waals surface area contributed by atoms with E-state index in [1.165, 1.54) is 5.56 Å². The smallest absolute Gasteiger partial charge is 0.176 e. The third kappa shape index (κ3) is 3.50. The van der Waals surface area contributed by atoms with Crippen LogP contribution >= 0.6 is 0 Å². The quantitative estimate of drug-likeness (QED) is 0.704. The third-order valence-electron chi connectivity index (χ3n) is 2.34.